The SMILES string of the molecule is C=Cc1ccc(OC(C)(C)C)cc1C. The van der Waals surface area contributed by atoms with Crippen LogP contribution in [0.25, 0.3) is 6.08 Å². The van der Waals surface area contributed by atoms with Gasteiger partial charge in [0, 0.05) is 0 Å². The van der Waals surface area contributed by atoms with E-state index in [-0.39, 0.29) is 5.60 Å². The minimum absolute atomic E-state index is 0.137. The molecule has 0 amide bonds. The van der Waals surface area contributed by atoms with Gasteiger partial charge >= 0.3 is 0 Å². The fourth-order valence-corrected chi connectivity index (χ4v) is 1.29. The van der Waals surface area contributed by atoms with Gasteiger partial charge in [-0.25, -0.2) is 0 Å². The van der Waals surface area contributed by atoms with Crippen molar-refractivity contribution in [1.82, 2.24) is 0 Å². The lowest BCUT2D eigenvalue weighted by Crippen LogP contribution is -2.22. The Morgan fingerprint density at radius 1 is 1.29 bits per heavy atom. The van der Waals surface area contributed by atoms with E-state index in [1.807, 2.05) is 45.0 Å². The van der Waals surface area contributed by atoms with E-state index in [2.05, 4.69) is 13.5 Å². The Morgan fingerprint density at radius 2 is 1.93 bits per heavy atom. The highest BCUT2D eigenvalue weighted by Gasteiger charge is 2.11. The topological polar surface area (TPSA) is 9.23 Å². The molecule has 0 aliphatic rings. The first-order chi connectivity index (χ1) is 6.42. The van der Waals surface area contributed by atoms with Crippen molar-refractivity contribution in [2.75, 3.05) is 0 Å². The van der Waals surface area contributed by atoms with Gasteiger partial charge in [0.2, 0.25) is 0 Å². The quantitative estimate of drug-likeness (QED) is 0.689. The van der Waals surface area contributed by atoms with Crippen LogP contribution >= 0.6 is 0 Å². The van der Waals surface area contributed by atoms with Gasteiger partial charge in [0.25, 0.3) is 0 Å². The molecule has 1 nitrogen and oxygen atoms in total. The number of hydrogen-bond acceptors (Lipinski definition) is 1. The Kier molecular flexibility index (Phi) is 3.00. The van der Waals surface area contributed by atoms with E-state index in [4.69, 9.17) is 4.74 Å². The van der Waals surface area contributed by atoms with Crippen molar-refractivity contribution in [3.05, 3.63) is 35.9 Å². The Bertz CT molecular complexity index is 332. The van der Waals surface area contributed by atoms with Gasteiger partial charge in [-0.05, 0) is 51.0 Å². The van der Waals surface area contributed by atoms with Crippen LogP contribution in [0.1, 0.15) is 31.9 Å². The fourth-order valence-electron chi connectivity index (χ4n) is 1.29. The van der Waals surface area contributed by atoms with E-state index in [0.29, 0.717) is 0 Å². The van der Waals surface area contributed by atoms with Crippen LogP contribution in [0.15, 0.2) is 24.8 Å². The minimum Gasteiger partial charge on any atom is -0.488 e. The van der Waals surface area contributed by atoms with E-state index < -0.39 is 0 Å². The monoisotopic (exact) mass is 190 g/mol. The standard InChI is InChI=1S/C13H18O/c1-6-11-7-8-12(9-10(11)2)14-13(3,4)5/h6-9H,1H2,2-5H3. The summed E-state index contributed by atoms with van der Waals surface area (Å²) in [6.45, 7) is 12.0. The third-order valence-electron chi connectivity index (χ3n) is 1.89. The Morgan fingerprint density at radius 3 is 2.36 bits per heavy atom. The summed E-state index contributed by atoms with van der Waals surface area (Å²) < 4.78 is 5.75. The van der Waals surface area contributed by atoms with Gasteiger partial charge < -0.3 is 4.74 Å². The smallest absolute Gasteiger partial charge is 0.120 e. The predicted molar refractivity (Wildman–Crippen MR) is 61.7 cm³/mol. The van der Waals surface area contributed by atoms with Gasteiger partial charge in [-0.1, -0.05) is 18.7 Å². The molecule has 0 saturated carbocycles. The largest absolute Gasteiger partial charge is 0.488 e. The van der Waals surface area contributed by atoms with Crippen LogP contribution in [0.5, 0.6) is 5.75 Å². The molecule has 0 unspecified atom stereocenters. The lowest BCUT2D eigenvalue weighted by atomic mass is 10.1. The molecule has 0 fully saturated rings. The highest BCUT2D eigenvalue weighted by atomic mass is 16.5. The van der Waals surface area contributed by atoms with Gasteiger partial charge in [-0.3, -0.25) is 0 Å². The predicted octanol–water partition coefficient (Wildman–Crippen LogP) is 3.82. The molecule has 0 N–H and O–H groups in total. The molecule has 1 heteroatoms. The molecule has 0 radical (unpaired) electrons. The molecule has 76 valence electrons. The van der Waals surface area contributed by atoms with Crippen LogP contribution in [0.4, 0.5) is 0 Å². The molecular weight excluding hydrogens is 172 g/mol. The number of benzene rings is 1. The van der Waals surface area contributed by atoms with Crippen LogP contribution in [0.3, 0.4) is 0 Å². The molecule has 0 aliphatic heterocycles. The minimum atomic E-state index is -0.137. The van der Waals surface area contributed by atoms with Crippen molar-refractivity contribution < 1.29 is 4.74 Å². The first-order valence-electron chi connectivity index (χ1n) is 4.84. The van der Waals surface area contributed by atoms with Crippen LogP contribution in [-0.4, -0.2) is 5.60 Å². The molecular formula is C13H18O. The highest BCUT2D eigenvalue weighted by Crippen LogP contribution is 2.21. The second-order valence-corrected chi connectivity index (χ2v) is 4.44. The summed E-state index contributed by atoms with van der Waals surface area (Å²) >= 11 is 0. The van der Waals surface area contributed by atoms with E-state index in [9.17, 15) is 0 Å². The van der Waals surface area contributed by atoms with E-state index in [0.717, 1.165) is 11.3 Å². The van der Waals surface area contributed by atoms with Gasteiger partial charge in [0.1, 0.15) is 11.4 Å². The fraction of sp³-hybridized carbons (Fsp3) is 0.385. The van der Waals surface area contributed by atoms with Crippen molar-refractivity contribution in [1.29, 1.82) is 0 Å². The number of hydrogen-bond donors (Lipinski definition) is 0. The molecule has 0 bridgehead atoms. The number of ether oxygens (including phenoxy) is 1. The zero-order valence-electron chi connectivity index (χ0n) is 9.42. The summed E-state index contributed by atoms with van der Waals surface area (Å²) in [6, 6.07) is 6.06. The molecule has 14 heavy (non-hydrogen) atoms. The third kappa shape index (κ3) is 2.91. The zero-order valence-corrected chi connectivity index (χ0v) is 9.42. The maximum atomic E-state index is 5.75. The van der Waals surface area contributed by atoms with Crippen LogP contribution < -0.4 is 4.74 Å². The summed E-state index contributed by atoms with van der Waals surface area (Å²) in [7, 11) is 0. The van der Waals surface area contributed by atoms with Gasteiger partial charge in [-0.2, -0.15) is 0 Å². The first-order valence-corrected chi connectivity index (χ1v) is 4.84. The van der Waals surface area contributed by atoms with Crippen molar-refractivity contribution in [2.24, 2.45) is 0 Å². The molecule has 0 saturated heterocycles. The average molecular weight is 190 g/mol. The lowest BCUT2D eigenvalue weighted by Gasteiger charge is -2.21. The Balaban J connectivity index is 2.92. The Hall–Kier alpha value is -1.24. The normalized spacial score (nSPS) is 11.1. The Labute approximate surface area is 86.4 Å². The molecule has 0 aromatic heterocycles. The summed E-state index contributed by atoms with van der Waals surface area (Å²) in [5.74, 6) is 0.917. The second kappa shape index (κ2) is 3.87. The third-order valence-corrected chi connectivity index (χ3v) is 1.89. The molecule has 0 atom stereocenters. The summed E-state index contributed by atoms with van der Waals surface area (Å²) in [5, 5.41) is 0. The molecule has 0 spiro atoms. The van der Waals surface area contributed by atoms with E-state index in [1.165, 1.54) is 5.56 Å². The van der Waals surface area contributed by atoms with Crippen molar-refractivity contribution in [2.45, 2.75) is 33.3 Å². The molecule has 1 aromatic carbocycles. The second-order valence-electron chi connectivity index (χ2n) is 4.44. The van der Waals surface area contributed by atoms with Gasteiger partial charge in [0.15, 0.2) is 0 Å². The zero-order chi connectivity index (χ0) is 10.8. The molecule has 0 heterocycles. The maximum Gasteiger partial charge on any atom is 0.120 e. The van der Waals surface area contributed by atoms with E-state index in [1.54, 1.807) is 0 Å². The van der Waals surface area contributed by atoms with Gasteiger partial charge in [-0.15, -0.1) is 0 Å². The summed E-state index contributed by atoms with van der Waals surface area (Å²) in [4.78, 5) is 0. The molecule has 1 aromatic rings. The van der Waals surface area contributed by atoms with Crippen LogP contribution in [0, 0.1) is 6.92 Å². The van der Waals surface area contributed by atoms with Crippen LogP contribution in [-0.2, 0) is 0 Å². The van der Waals surface area contributed by atoms with Crippen molar-refractivity contribution >= 4 is 6.08 Å². The number of aryl methyl sites for hydroxylation is 1. The first kappa shape index (κ1) is 10.8. The van der Waals surface area contributed by atoms with E-state index >= 15 is 0 Å². The van der Waals surface area contributed by atoms with Crippen LogP contribution in [0.2, 0.25) is 0 Å². The summed E-state index contributed by atoms with van der Waals surface area (Å²) in [6.07, 6.45) is 1.86. The molecule has 0 aliphatic carbocycles. The number of rotatable bonds is 2. The summed E-state index contributed by atoms with van der Waals surface area (Å²) in [5.41, 5.74) is 2.22. The highest BCUT2D eigenvalue weighted by molar-refractivity contribution is 5.53. The lowest BCUT2D eigenvalue weighted by molar-refractivity contribution is 0.131. The van der Waals surface area contributed by atoms with Crippen molar-refractivity contribution in [3.8, 4) is 5.75 Å². The van der Waals surface area contributed by atoms with Gasteiger partial charge in [0.05, 0.1) is 0 Å². The maximum absolute atomic E-state index is 5.75. The average Bonchev–Trinajstić information content (AvgIpc) is 2.01. The van der Waals surface area contributed by atoms with Crippen molar-refractivity contribution in [3.63, 3.8) is 0 Å². The molecule has 1 rings (SSSR count).